The van der Waals surface area contributed by atoms with E-state index in [4.69, 9.17) is 14.2 Å². The van der Waals surface area contributed by atoms with E-state index in [9.17, 15) is 13.2 Å². The van der Waals surface area contributed by atoms with Gasteiger partial charge in [0.05, 0.1) is 41.2 Å². The lowest BCUT2D eigenvalue weighted by Gasteiger charge is -2.06. The highest BCUT2D eigenvalue weighted by Crippen LogP contribution is 2.23. The van der Waals surface area contributed by atoms with E-state index in [1.807, 2.05) is 29.7 Å². The highest BCUT2D eigenvalue weighted by molar-refractivity contribution is 7.91. The van der Waals surface area contributed by atoms with Crippen LogP contribution in [0.2, 0.25) is 0 Å². The molecule has 0 aliphatic carbocycles. The molecule has 0 aliphatic rings. The zero-order valence-corrected chi connectivity index (χ0v) is 19.9. The van der Waals surface area contributed by atoms with Crippen molar-refractivity contribution < 1.29 is 27.4 Å². The molecular weight excluding hydrogens is 452 g/mol. The third-order valence-electron chi connectivity index (χ3n) is 4.71. The average Bonchev–Trinajstić information content (AvgIpc) is 3.12. The number of hydrogen-bond acceptors (Lipinski definition) is 7. The van der Waals surface area contributed by atoms with Crippen LogP contribution in [0.5, 0.6) is 11.5 Å². The van der Waals surface area contributed by atoms with Crippen molar-refractivity contribution in [2.45, 2.75) is 24.8 Å². The predicted octanol–water partition coefficient (Wildman–Crippen LogP) is 3.05. The Morgan fingerprint density at radius 3 is 2.47 bits per heavy atom. The van der Waals surface area contributed by atoms with Crippen LogP contribution in [-0.2, 0) is 25.9 Å². The van der Waals surface area contributed by atoms with Crippen LogP contribution in [0.3, 0.4) is 0 Å². The van der Waals surface area contributed by atoms with Gasteiger partial charge in [-0.05, 0) is 49.4 Å². The minimum Gasteiger partial charge on any atom is -0.497 e. The molecule has 0 unspecified atom stereocenters. The van der Waals surface area contributed by atoms with Gasteiger partial charge in [-0.3, -0.25) is 4.79 Å². The molecule has 1 heterocycles. The number of methoxy groups -OCH3 is 2. The topological polar surface area (TPSA) is 96.2 Å². The Morgan fingerprint density at radius 2 is 1.81 bits per heavy atom. The lowest BCUT2D eigenvalue weighted by molar-refractivity contribution is -0.117. The summed E-state index contributed by atoms with van der Waals surface area (Å²) in [5, 5.41) is 0. The lowest BCUT2D eigenvalue weighted by atomic mass is 10.3. The number of benzene rings is 2. The third-order valence-corrected chi connectivity index (χ3v) is 7.48. The monoisotopic (exact) mass is 478 g/mol. The largest absolute Gasteiger partial charge is 0.497 e. The number of aromatic nitrogens is 1. The van der Waals surface area contributed by atoms with Crippen molar-refractivity contribution in [3.8, 4) is 11.5 Å². The number of hydrogen-bond donors (Lipinski definition) is 0. The van der Waals surface area contributed by atoms with Gasteiger partial charge in [0.2, 0.25) is 5.91 Å². The van der Waals surface area contributed by atoms with Gasteiger partial charge in [-0.15, -0.1) is 0 Å². The van der Waals surface area contributed by atoms with Gasteiger partial charge in [-0.25, -0.2) is 8.42 Å². The van der Waals surface area contributed by atoms with E-state index in [2.05, 4.69) is 4.99 Å². The fraction of sp³-hybridized carbons (Fsp3) is 0.364. The van der Waals surface area contributed by atoms with E-state index in [1.165, 1.54) is 30.6 Å². The second-order valence-corrected chi connectivity index (χ2v) is 9.96. The summed E-state index contributed by atoms with van der Waals surface area (Å²) in [4.78, 5) is 17.4. The number of nitrogens with zero attached hydrogens (tertiary/aromatic N) is 2. The summed E-state index contributed by atoms with van der Waals surface area (Å²) in [7, 11) is -0.496. The van der Waals surface area contributed by atoms with Gasteiger partial charge < -0.3 is 18.8 Å². The summed E-state index contributed by atoms with van der Waals surface area (Å²) in [5.74, 6) is 0.486. The molecule has 2 aromatic carbocycles. The molecule has 0 radical (unpaired) electrons. The number of rotatable bonds is 10. The molecule has 1 aromatic heterocycles. The molecule has 0 saturated carbocycles. The van der Waals surface area contributed by atoms with Crippen LogP contribution in [0.25, 0.3) is 10.2 Å². The quantitative estimate of drug-likeness (QED) is 0.444. The van der Waals surface area contributed by atoms with Gasteiger partial charge in [-0.2, -0.15) is 4.99 Å². The van der Waals surface area contributed by atoms with Crippen molar-refractivity contribution in [1.82, 2.24) is 4.57 Å². The fourth-order valence-corrected chi connectivity index (χ4v) is 5.41. The molecule has 3 rings (SSSR count). The molecule has 1 amide bonds. The van der Waals surface area contributed by atoms with Gasteiger partial charge in [0.15, 0.2) is 14.6 Å². The minimum absolute atomic E-state index is 0.145. The van der Waals surface area contributed by atoms with E-state index >= 15 is 0 Å². The van der Waals surface area contributed by atoms with Crippen molar-refractivity contribution >= 4 is 37.3 Å². The Balaban J connectivity index is 1.83. The first-order valence-electron chi connectivity index (χ1n) is 10.1. The van der Waals surface area contributed by atoms with Crippen LogP contribution in [0.15, 0.2) is 52.4 Å². The number of ether oxygens (including phenoxy) is 3. The maximum Gasteiger partial charge on any atom is 0.249 e. The van der Waals surface area contributed by atoms with Gasteiger partial charge in [0.25, 0.3) is 0 Å². The zero-order chi connectivity index (χ0) is 23.1. The van der Waals surface area contributed by atoms with Crippen LogP contribution in [0.4, 0.5) is 0 Å². The Labute approximate surface area is 191 Å². The molecule has 0 spiro atoms. The van der Waals surface area contributed by atoms with E-state index in [1.54, 1.807) is 19.2 Å². The van der Waals surface area contributed by atoms with Crippen LogP contribution in [0, 0.1) is 0 Å². The molecule has 32 heavy (non-hydrogen) atoms. The van der Waals surface area contributed by atoms with Gasteiger partial charge in [0.1, 0.15) is 11.5 Å². The average molecular weight is 479 g/mol. The van der Waals surface area contributed by atoms with Crippen molar-refractivity contribution in [1.29, 1.82) is 0 Å². The molecule has 0 saturated heterocycles. The van der Waals surface area contributed by atoms with E-state index in [-0.39, 0.29) is 17.1 Å². The summed E-state index contributed by atoms with van der Waals surface area (Å²) in [6.45, 7) is 3.43. The van der Waals surface area contributed by atoms with Crippen LogP contribution in [-0.4, -0.2) is 52.1 Å². The lowest BCUT2D eigenvalue weighted by Crippen LogP contribution is -2.20. The summed E-state index contributed by atoms with van der Waals surface area (Å²) in [6, 6.07) is 11.8. The molecule has 8 nitrogen and oxygen atoms in total. The Hall–Kier alpha value is -2.69. The third kappa shape index (κ3) is 5.76. The van der Waals surface area contributed by atoms with E-state index in [0.717, 1.165) is 16.0 Å². The maximum atomic E-state index is 12.6. The summed E-state index contributed by atoms with van der Waals surface area (Å²) < 4.78 is 43.8. The molecule has 0 aliphatic heterocycles. The standard InChI is InChI=1S/C22H26N2O6S2/c1-4-30-17-7-10-19-20(15-17)31-22(24(19)12-13-28-2)23-21(25)11-14-32(26,27)18-8-5-16(29-3)6-9-18/h5-10,15H,4,11-14H2,1-3H3. The number of carbonyl (C=O) groups is 1. The molecule has 0 atom stereocenters. The Bertz CT molecular complexity index is 1240. The Morgan fingerprint density at radius 1 is 1.09 bits per heavy atom. The highest BCUT2D eigenvalue weighted by Gasteiger charge is 2.17. The molecule has 0 fully saturated rings. The van der Waals surface area contributed by atoms with Gasteiger partial charge in [0, 0.05) is 20.1 Å². The summed E-state index contributed by atoms with van der Waals surface area (Å²) in [6.07, 6.45) is -0.211. The summed E-state index contributed by atoms with van der Waals surface area (Å²) in [5.41, 5.74) is 0.910. The molecule has 0 bridgehead atoms. The van der Waals surface area contributed by atoms with Crippen molar-refractivity contribution in [2.75, 3.05) is 33.2 Å². The minimum atomic E-state index is -3.61. The first-order chi connectivity index (χ1) is 15.4. The first-order valence-corrected chi connectivity index (χ1v) is 12.5. The Kier molecular flexibility index (Phi) is 8.05. The zero-order valence-electron chi connectivity index (χ0n) is 18.2. The number of thiazole rings is 1. The number of sulfone groups is 1. The molecule has 10 heteroatoms. The summed E-state index contributed by atoms with van der Waals surface area (Å²) >= 11 is 1.35. The molecular formula is C22H26N2O6S2. The number of amides is 1. The highest BCUT2D eigenvalue weighted by atomic mass is 32.2. The van der Waals surface area contributed by atoms with Gasteiger partial charge in [-0.1, -0.05) is 11.3 Å². The number of carbonyl (C=O) groups excluding carboxylic acids is 1. The van der Waals surface area contributed by atoms with Crippen LogP contribution >= 0.6 is 11.3 Å². The second kappa shape index (κ2) is 10.8. The van der Waals surface area contributed by atoms with Crippen molar-refractivity contribution in [3.05, 3.63) is 47.3 Å². The SMILES string of the molecule is CCOc1ccc2c(c1)sc(=NC(=O)CCS(=O)(=O)c1ccc(OC)cc1)n2CCOC. The predicted molar refractivity (Wildman–Crippen MR) is 123 cm³/mol. The first kappa shape index (κ1) is 24.0. The molecule has 172 valence electrons. The smallest absolute Gasteiger partial charge is 0.249 e. The maximum absolute atomic E-state index is 12.6. The molecule has 3 aromatic rings. The van der Waals surface area contributed by atoms with E-state index < -0.39 is 15.7 Å². The van der Waals surface area contributed by atoms with E-state index in [0.29, 0.717) is 30.3 Å². The molecule has 0 N–H and O–H groups in total. The number of fused-ring (bicyclic) bond motifs is 1. The van der Waals surface area contributed by atoms with Crippen LogP contribution < -0.4 is 14.3 Å². The second-order valence-electron chi connectivity index (χ2n) is 6.84. The fourth-order valence-electron chi connectivity index (χ4n) is 3.08. The van der Waals surface area contributed by atoms with Crippen LogP contribution in [0.1, 0.15) is 13.3 Å². The van der Waals surface area contributed by atoms with Gasteiger partial charge >= 0.3 is 0 Å². The van der Waals surface area contributed by atoms with Crippen molar-refractivity contribution in [3.63, 3.8) is 0 Å². The normalized spacial score (nSPS) is 12.3. The van der Waals surface area contributed by atoms with Crippen molar-refractivity contribution in [2.24, 2.45) is 4.99 Å².